The van der Waals surface area contributed by atoms with Crippen LogP contribution in [0.5, 0.6) is 0 Å². The van der Waals surface area contributed by atoms with Gasteiger partial charge in [-0.1, -0.05) is 30.3 Å². The van der Waals surface area contributed by atoms with E-state index in [0.717, 1.165) is 17.6 Å². The average molecular weight is 266 g/mol. The fourth-order valence-electron chi connectivity index (χ4n) is 1.62. The molecule has 0 radical (unpaired) electrons. The second-order valence-electron chi connectivity index (χ2n) is 3.84. The quantitative estimate of drug-likeness (QED) is 0.770. The minimum Gasteiger partial charge on any atom is -0.329 e. The Balaban J connectivity index is 2.09. The Hall–Kier alpha value is -1.66. The second kappa shape index (κ2) is 5.32. The van der Waals surface area contributed by atoms with E-state index in [1.165, 1.54) is 0 Å². The predicted molar refractivity (Wildman–Crippen MR) is 68.5 cm³/mol. The number of rotatable bonds is 5. The van der Waals surface area contributed by atoms with Gasteiger partial charge in [-0.05, 0) is 0 Å². The normalized spacial score (nSPS) is 11.6. The van der Waals surface area contributed by atoms with E-state index in [1.807, 2.05) is 34.9 Å². The van der Waals surface area contributed by atoms with Crippen LogP contribution in [0.2, 0.25) is 0 Å². The van der Waals surface area contributed by atoms with Crippen LogP contribution in [0.4, 0.5) is 0 Å². The molecule has 1 aromatic carbocycles. The van der Waals surface area contributed by atoms with Crippen molar-refractivity contribution in [2.75, 3.05) is 12.9 Å². The lowest BCUT2D eigenvalue weighted by Gasteiger charge is -2.07. The van der Waals surface area contributed by atoms with Crippen LogP contribution in [0.15, 0.2) is 42.7 Å². The Labute approximate surface area is 106 Å². The summed E-state index contributed by atoms with van der Waals surface area (Å²) < 4.78 is 28.3. The van der Waals surface area contributed by atoms with Crippen molar-refractivity contribution in [3.63, 3.8) is 0 Å². The standard InChI is InChI=1S/C12H14N2O3S/c1-18(15,16)17-10-9-14-8-7-13-12(14)11-5-3-2-4-6-11/h2-8H,9-10H2,1H3. The molecule has 1 heterocycles. The van der Waals surface area contributed by atoms with Gasteiger partial charge in [-0.2, -0.15) is 8.42 Å². The predicted octanol–water partition coefficient (Wildman–Crippen LogP) is 1.53. The lowest BCUT2D eigenvalue weighted by Crippen LogP contribution is -2.10. The van der Waals surface area contributed by atoms with Crippen molar-refractivity contribution in [3.05, 3.63) is 42.7 Å². The highest BCUT2D eigenvalue weighted by Crippen LogP contribution is 2.16. The molecule has 0 saturated heterocycles. The van der Waals surface area contributed by atoms with E-state index in [1.54, 1.807) is 12.4 Å². The van der Waals surface area contributed by atoms with Gasteiger partial charge >= 0.3 is 0 Å². The first kappa shape index (κ1) is 12.8. The molecule has 0 unspecified atom stereocenters. The van der Waals surface area contributed by atoms with Gasteiger partial charge in [0.1, 0.15) is 5.82 Å². The summed E-state index contributed by atoms with van der Waals surface area (Å²) in [6.45, 7) is 0.548. The molecule has 0 aliphatic rings. The van der Waals surface area contributed by atoms with Gasteiger partial charge in [0.25, 0.3) is 10.1 Å². The van der Waals surface area contributed by atoms with E-state index in [9.17, 15) is 8.42 Å². The molecule has 0 atom stereocenters. The van der Waals surface area contributed by atoms with E-state index >= 15 is 0 Å². The Morgan fingerprint density at radius 1 is 1.28 bits per heavy atom. The monoisotopic (exact) mass is 266 g/mol. The van der Waals surface area contributed by atoms with E-state index in [-0.39, 0.29) is 6.61 Å². The van der Waals surface area contributed by atoms with Crippen molar-refractivity contribution in [3.8, 4) is 11.4 Å². The van der Waals surface area contributed by atoms with Crippen LogP contribution in [-0.2, 0) is 20.8 Å². The lowest BCUT2D eigenvalue weighted by molar-refractivity contribution is 0.304. The summed E-state index contributed by atoms with van der Waals surface area (Å²) in [6, 6.07) is 9.71. The molecule has 0 bridgehead atoms. The van der Waals surface area contributed by atoms with Gasteiger partial charge in [0, 0.05) is 24.5 Å². The van der Waals surface area contributed by atoms with Crippen LogP contribution in [0, 0.1) is 0 Å². The zero-order valence-electron chi connectivity index (χ0n) is 9.98. The van der Waals surface area contributed by atoms with Gasteiger partial charge in [0.2, 0.25) is 0 Å². The third-order valence-corrected chi connectivity index (χ3v) is 2.97. The molecule has 0 amide bonds. The summed E-state index contributed by atoms with van der Waals surface area (Å²) in [7, 11) is -3.39. The topological polar surface area (TPSA) is 61.2 Å². The molecular formula is C12H14N2O3S. The van der Waals surface area contributed by atoms with Crippen LogP contribution in [-0.4, -0.2) is 30.8 Å². The fraction of sp³-hybridized carbons (Fsp3) is 0.250. The maximum absolute atomic E-state index is 10.9. The minimum atomic E-state index is -3.39. The van der Waals surface area contributed by atoms with Crippen molar-refractivity contribution < 1.29 is 12.6 Å². The summed E-state index contributed by atoms with van der Waals surface area (Å²) >= 11 is 0. The Morgan fingerprint density at radius 2 is 2.00 bits per heavy atom. The molecule has 0 spiro atoms. The van der Waals surface area contributed by atoms with Gasteiger partial charge in [0.15, 0.2) is 0 Å². The molecule has 0 aliphatic heterocycles. The number of hydrogen-bond acceptors (Lipinski definition) is 4. The number of benzene rings is 1. The first-order chi connectivity index (χ1) is 8.56. The average Bonchev–Trinajstić information content (AvgIpc) is 2.77. The molecule has 0 N–H and O–H groups in total. The van der Waals surface area contributed by atoms with Crippen molar-refractivity contribution >= 4 is 10.1 Å². The summed E-state index contributed by atoms with van der Waals surface area (Å²) in [5.41, 5.74) is 0.988. The van der Waals surface area contributed by atoms with Crippen molar-refractivity contribution in [2.45, 2.75) is 6.54 Å². The number of aromatic nitrogens is 2. The van der Waals surface area contributed by atoms with Crippen molar-refractivity contribution in [1.29, 1.82) is 0 Å². The van der Waals surface area contributed by atoms with Crippen LogP contribution in [0.1, 0.15) is 0 Å². The van der Waals surface area contributed by atoms with Crippen LogP contribution in [0.25, 0.3) is 11.4 Å². The molecule has 0 fully saturated rings. The molecule has 1 aromatic heterocycles. The zero-order valence-corrected chi connectivity index (χ0v) is 10.8. The highest BCUT2D eigenvalue weighted by atomic mass is 32.2. The first-order valence-electron chi connectivity index (χ1n) is 5.47. The van der Waals surface area contributed by atoms with Crippen molar-refractivity contribution in [2.24, 2.45) is 0 Å². The molecule has 96 valence electrons. The van der Waals surface area contributed by atoms with E-state index in [2.05, 4.69) is 4.98 Å². The third kappa shape index (κ3) is 3.41. The molecular weight excluding hydrogens is 252 g/mol. The largest absolute Gasteiger partial charge is 0.329 e. The highest BCUT2D eigenvalue weighted by Gasteiger charge is 2.06. The minimum absolute atomic E-state index is 0.106. The zero-order chi connectivity index (χ0) is 13.0. The fourth-order valence-corrected chi connectivity index (χ4v) is 2.00. The van der Waals surface area contributed by atoms with Crippen LogP contribution in [0.3, 0.4) is 0 Å². The molecule has 0 saturated carbocycles. The summed E-state index contributed by atoms with van der Waals surface area (Å²) in [6.07, 6.45) is 4.52. The maximum atomic E-state index is 10.9. The second-order valence-corrected chi connectivity index (χ2v) is 5.48. The third-order valence-electron chi connectivity index (χ3n) is 2.38. The van der Waals surface area contributed by atoms with Crippen molar-refractivity contribution in [1.82, 2.24) is 9.55 Å². The Morgan fingerprint density at radius 3 is 2.67 bits per heavy atom. The number of imidazole rings is 1. The maximum Gasteiger partial charge on any atom is 0.264 e. The SMILES string of the molecule is CS(=O)(=O)OCCn1ccnc1-c1ccccc1. The van der Waals surface area contributed by atoms with Gasteiger partial charge in [-0.15, -0.1) is 0 Å². The number of nitrogens with zero attached hydrogens (tertiary/aromatic N) is 2. The smallest absolute Gasteiger partial charge is 0.264 e. The Bertz CT molecular complexity index is 605. The molecule has 6 heteroatoms. The number of hydrogen-bond donors (Lipinski definition) is 0. The summed E-state index contributed by atoms with van der Waals surface area (Å²) in [5.74, 6) is 0.799. The van der Waals surface area contributed by atoms with Gasteiger partial charge < -0.3 is 4.57 Å². The lowest BCUT2D eigenvalue weighted by atomic mass is 10.2. The molecule has 18 heavy (non-hydrogen) atoms. The molecule has 2 rings (SSSR count). The summed E-state index contributed by atoms with van der Waals surface area (Å²) in [5, 5.41) is 0. The van der Waals surface area contributed by atoms with Crippen LogP contribution < -0.4 is 0 Å². The highest BCUT2D eigenvalue weighted by molar-refractivity contribution is 7.85. The van der Waals surface area contributed by atoms with E-state index in [4.69, 9.17) is 4.18 Å². The van der Waals surface area contributed by atoms with Gasteiger partial charge in [-0.3, -0.25) is 4.18 Å². The van der Waals surface area contributed by atoms with Gasteiger partial charge in [0.05, 0.1) is 12.9 Å². The molecule has 2 aromatic rings. The molecule has 0 aliphatic carbocycles. The Kier molecular flexibility index (Phi) is 3.78. The van der Waals surface area contributed by atoms with Gasteiger partial charge in [-0.25, -0.2) is 4.98 Å². The summed E-state index contributed by atoms with van der Waals surface area (Å²) in [4.78, 5) is 4.26. The first-order valence-corrected chi connectivity index (χ1v) is 7.29. The van der Waals surface area contributed by atoms with Crippen LogP contribution >= 0.6 is 0 Å². The van der Waals surface area contributed by atoms with E-state index < -0.39 is 10.1 Å². The molecule has 5 nitrogen and oxygen atoms in total. The van der Waals surface area contributed by atoms with E-state index in [0.29, 0.717) is 6.54 Å².